The monoisotopic (exact) mass is 385 g/mol. The molecule has 1 aliphatic heterocycles. The SMILES string of the molecule is O=c1[nH]c(-c2ccccc2)nc2c1CN(Cc1cc(Cl)cc(Cl)c1)CC2. The van der Waals surface area contributed by atoms with Crippen LogP contribution < -0.4 is 5.56 Å². The van der Waals surface area contributed by atoms with E-state index in [0.29, 0.717) is 29.0 Å². The third-order valence-electron chi connectivity index (χ3n) is 4.52. The van der Waals surface area contributed by atoms with Crippen molar-refractivity contribution in [3.05, 3.63) is 85.8 Å². The number of nitrogens with zero attached hydrogens (tertiary/aromatic N) is 2. The molecule has 1 aliphatic rings. The first-order valence-corrected chi connectivity index (χ1v) is 9.19. The highest BCUT2D eigenvalue weighted by Crippen LogP contribution is 2.23. The van der Waals surface area contributed by atoms with Crippen molar-refractivity contribution in [2.24, 2.45) is 0 Å². The smallest absolute Gasteiger partial charge is 0.255 e. The van der Waals surface area contributed by atoms with Gasteiger partial charge in [0.15, 0.2) is 0 Å². The number of halogens is 2. The predicted molar refractivity (Wildman–Crippen MR) is 105 cm³/mol. The summed E-state index contributed by atoms with van der Waals surface area (Å²) in [5.74, 6) is 0.629. The van der Waals surface area contributed by atoms with Gasteiger partial charge >= 0.3 is 0 Å². The number of aromatic nitrogens is 2. The fraction of sp³-hybridized carbons (Fsp3) is 0.200. The third kappa shape index (κ3) is 3.68. The summed E-state index contributed by atoms with van der Waals surface area (Å²) < 4.78 is 0. The molecule has 26 heavy (non-hydrogen) atoms. The molecule has 0 saturated heterocycles. The van der Waals surface area contributed by atoms with E-state index in [4.69, 9.17) is 23.2 Å². The fourth-order valence-corrected chi connectivity index (χ4v) is 3.88. The van der Waals surface area contributed by atoms with Crippen molar-refractivity contribution in [1.82, 2.24) is 14.9 Å². The Hall–Kier alpha value is -2.14. The van der Waals surface area contributed by atoms with E-state index in [1.54, 1.807) is 6.07 Å². The normalized spacial score (nSPS) is 14.2. The van der Waals surface area contributed by atoms with Crippen LogP contribution >= 0.6 is 23.2 Å². The Morgan fingerprint density at radius 3 is 2.54 bits per heavy atom. The van der Waals surface area contributed by atoms with Crippen molar-refractivity contribution in [3.8, 4) is 11.4 Å². The van der Waals surface area contributed by atoms with Crippen LogP contribution in [-0.4, -0.2) is 21.4 Å². The second-order valence-electron chi connectivity index (χ2n) is 6.44. The second kappa shape index (κ2) is 7.23. The summed E-state index contributed by atoms with van der Waals surface area (Å²) in [7, 11) is 0. The first-order chi connectivity index (χ1) is 12.6. The summed E-state index contributed by atoms with van der Waals surface area (Å²) >= 11 is 12.2. The van der Waals surface area contributed by atoms with E-state index in [9.17, 15) is 4.79 Å². The third-order valence-corrected chi connectivity index (χ3v) is 4.96. The summed E-state index contributed by atoms with van der Waals surface area (Å²) in [5, 5.41) is 1.24. The number of hydrogen-bond donors (Lipinski definition) is 1. The Labute approximate surface area is 161 Å². The lowest BCUT2D eigenvalue weighted by Crippen LogP contribution is -2.35. The van der Waals surface area contributed by atoms with Gasteiger partial charge in [0.2, 0.25) is 0 Å². The first kappa shape index (κ1) is 17.3. The number of rotatable bonds is 3. The summed E-state index contributed by atoms with van der Waals surface area (Å²) in [6.45, 7) is 2.10. The summed E-state index contributed by atoms with van der Waals surface area (Å²) in [5.41, 5.74) is 3.51. The van der Waals surface area contributed by atoms with Crippen molar-refractivity contribution in [2.45, 2.75) is 19.5 Å². The van der Waals surface area contributed by atoms with E-state index in [2.05, 4.69) is 14.9 Å². The zero-order chi connectivity index (χ0) is 18.1. The quantitative estimate of drug-likeness (QED) is 0.730. The van der Waals surface area contributed by atoms with E-state index in [1.165, 1.54) is 0 Å². The van der Waals surface area contributed by atoms with Crippen molar-refractivity contribution in [1.29, 1.82) is 0 Å². The molecular formula is C20H17Cl2N3O. The molecule has 2 heterocycles. The summed E-state index contributed by atoms with van der Waals surface area (Å²) in [6.07, 6.45) is 0.743. The maximum atomic E-state index is 12.6. The van der Waals surface area contributed by atoms with Crippen LogP contribution in [0.4, 0.5) is 0 Å². The van der Waals surface area contributed by atoms with Gasteiger partial charge in [-0.3, -0.25) is 9.69 Å². The molecule has 0 aliphatic carbocycles. The van der Waals surface area contributed by atoms with E-state index in [0.717, 1.165) is 35.3 Å². The largest absolute Gasteiger partial charge is 0.306 e. The molecule has 0 bridgehead atoms. The molecule has 0 fully saturated rings. The van der Waals surface area contributed by atoms with Crippen LogP contribution in [0.15, 0.2) is 53.3 Å². The molecule has 1 aromatic heterocycles. The zero-order valence-corrected chi connectivity index (χ0v) is 15.5. The van der Waals surface area contributed by atoms with Crippen molar-refractivity contribution >= 4 is 23.2 Å². The van der Waals surface area contributed by atoms with Gasteiger partial charge in [-0.1, -0.05) is 53.5 Å². The molecule has 3 aromatic rings. The average Bonchev–Trinajstić information content (AvgIpc) is 2.62. The second-order valence-corrected chi connectivity index (χ2v) is 7.32. The number of benzene rings is 2. The van der Waals surface area contributed by atoms with Crippen LogP contribution in [0, 0.1) is 0 Å². The van der Waals surface area contributed by atoms with Gasteiger partial charge in [0.25, 0.3) is 5.56 Å². The molecule has 0 amide bonds. The molecule has 4 rings (SSSR count). The lowest BCUT2D eigenvalue weighted by atomic mass is 10.1. The molecule has 0 saturated carbocycles. The molecular weight excluding hydrogens is 369 g/mol. The van der Waals surface area contributed by atoms with Gasteiger partial charge in [-0.2, -0.15) is 0 Å². The molecule has 0 radical (unpaired) electrons. The van der Waals surface area contributed by atoms with Crippen LogP contribution in [0.5, 0.6) is 0 Å². The van der Waals surface area contributed by atoms with Crippen LogP contribution in [0.2, 0.25) is 10.0 Å². The Morgan fingerprint density at radius 2 is 1.81 bits per heavy atom. The number of hydrogen-bond acceptors (Lipinski definition) is 3. The van der Waals surface area contributed by atoms with Gasteiger partial charge < -0.3 is 4.98 Å². The Balaban J connectivity index is 1.58. The highest BCUT2D eigenvalue weighted by atomic mass is 35.5. The zero-order valence-electron chi connectivity index (χ0n) is 14.0. The topological polar surface area (TPSA) is 49.0 Å². The highest BCUT2D eigenvalue weighted by molar-refractivity contribution is 6.34. The lowest BCUT2D eigenvalue weighted by Gasteiger charge is -2.27. The van der Waals surface area contributed by atoms with Gasteiger partial charge in [0, 0.05) is 41.7 Å². The van der Waals surface area contributed by atoms with Gasteiger partial charge in [0.05, 0.1) is 11.3 Å². The average molecular weight is 386 g/mol. The summed E-state index contributed by atoms with van der Waals surface area (Å²) in [6, 6.07) is 15.2. The van der Waals surface area contributed by atoms with Crippen molar-refractivity contribution in [3.63, 3.8) is 0 Å². The Kier molecular flexibility index (Phi) is 4.81. The van der Waals surface area contributed by atoms with E-state index >= 15 is 0 Å². The maximum Gasteiger partial charge on any atom is 0.255 e. The Morgan fingerprint density at radius 1 is 1.08 bits per heavy atom. The van der Waals surface area contributed by atoms with Gasteiger partial charge in [-0.25, -0.2) is 4.98 Å². The maximum absolute atomic E-state index is 12.6. The minimum atomic E-state index is -0.0670. The van der Waals surface area contributed by atoms with Crippen LogP contribution in [0.3, 0.4) is 0 Å². The van der Waals surface area contributed by atoms with Crippen LogP contribution in [0.25, 0.3) is 11.4 Å². The summed E-state index contributed by atoms with van der Waals surface area (Å²) in [4.78, 5) is 22.4. The number of aromatic amines is 1. The number of nitrogens with one attached hydrogen (secondary N) is 1. The minimum Gasteiger partial charge on any atom is -0.306 e. The number of H-pyrrole nitrogens is 1. The molecule has 2 aromatic carbocycles. The molecule has 0 spiro atoms. The molecule has 4 nitrogen and oxygen atoms in total. The van der Waals surface area contributed by atoms with Crippen LogP contribution in [-0.2, 0) is 19.5 Å². The van der Waals surface area contributed by atoms with Crippen molar-refractivity contribution in [2.75, 3.05) is 6.54 Å². The lowest BCUT2D eigenvalue weighted by molar-refractivity contribution is 0.242. The number of fused-ring (bicyclic) bond motifs is 1. The van der Waals surface area contributed by atoms with Gasteiger partial charge in [-0.15, -0.1) is 0 Å². The molecule has 1 N–H and O–H groups in total. The van der Waals surface area contributed by atoms with Gasteiger partial charge in [0.1, 0.15) is 5.82 Å². The van der Waals surface area contributed by atoms with Crippen LogP contribution in [0.1, 0.15) is 16.8 Å². The minimum absolute atomic E-state index is 0.0670. The molecule has 0 atom stereocenters. The fourth-order valence-electron chi connectivity index (χ4n) is 3.31. The van der Waals surface area contributed by atoms with E-state index in [1.807, 2.05) is 42.5 Å². The predicted octanol–water partition coefficient (Wildman–Crippen LogP) is 4.30. The van der Waals surface area contributed by atoms with Gasteiger partial charge in [-0.05, 0) is 23.8 Å². The Bertz CT molecular complexity index is 981. The van der Waals surface area contributed by atoms with Crippen molar-refractivity contribution < 1.29 is 0 Å². The molecule has 6 heteroatoms. The van der Waals surface area contributed by atoms with E-state index in [-0.39, 0.29) is 5.56 Å². The van der Waals surface area contributed by atoms with E-state index < -0.39 is 0 Å². The highest BCUT2D eigenvalue weighted by Gasteiger charge is 2.21. The standard InChI is InChI=1S/C20H17Cl2N3O/c21-15-8-13(9-16(22)10-15)11-25-7-6-18-17(12-25)20(26)24-19(23-18)14-4-2-1-3-5-14/h1-5,8-10H,6-7,11-12H2,(H,23,24,26). The first-order valence-electron chi connectivity index (χ1n) is 8.43. The molecule has 0 unspecified atom stereocenters. The molecule has 132 valence electrons.